The second kappa shape index (κ2) is 8.84. The predicted molar refractivity (Wildman–Crippen MR) is 69.2 cm³/mol. The van der Waals surface area contributed by atoms with Crippen LogP contribution < -0.4 is 0 Å². The Morgan fingerprint density at radius 3 is 2.13 bits per heavy atom. The van der Waals surface area contributed by atoms with E-state index in [1.54, 1.807) is 6.08 Å². The molecule has 0 saturated heterocycles. The second-order valence-electron chi connectivity index (χ2n) is 3.64. The summed E-state index contributed by atoms with van der Waals surface area (Å²) in [6.07, 6.45) is 4.81. The number of carbonyl (C=O) groups is 1. The molecule has 3 heteroatoms. The largest absolute Gasteiger partial charge is 0.275 e. The predicted octanol–water partition coefficient (Wildman–Crippen LogP) is 3.49. The van der Waals surface area contributed by atoms with E-state index in [1.807, 2.05) is 6.92 Å². The van der Waals surface area contributed by atoms with E-state index in [2.05, 4.69) is 25.1 Å². The third-order valence-corrected chi connectivity index (χ3v) is 4.22. The summed E-state index contributed by atoms with van der Waals surface area (Å²) < 4.78 is 4.26. The van der Waals surface area contributed by atoms with Crippen LogP contribution in [-0.2, 0) is 15.5 Å². The molecule has 0 unspecified atom stereocenters. The highest BCUT2D eigenvalue weighted by molar-refractivity contribution is 7.87. The first-order valence-electron chi connectivity index (χ1n) is 5.74. The van der Waals surface area contributed by atoms with Crippen LogP contribution in [0.3, 0.4) is 0 Å². The van der Waals surface area contributed by atoms with Gasteiger partial charge in [-0.05, 0) is 26.2 Å². The minimum absolute atomic E-state index is 0.0421. The molecule has 0 aliphatic carbocycles. The molecule has 0 atom stereocenters. The highest BCUT2D eigenvalue weighted by atomic mass is 32.2. The first-order chi connectivity index (χ1) is 7.13. The van der Waals surface area contributed by atoms with E-state index in [0.29, 0.717) is 0 Å². The minimum Gasteiger partial charge on any atom is -0.267 e. The normalized spacial score (nSPS) is 11.9. The molecular formula is C12H23NOS. The Kier molecular flexibility index (Phi) is 8.58. The molecule has 1 amide bonds. The first-order valence-corrected chi connectivity index (χ1v) is 7.26. The number of allylic oxidation sites excluding steroid dienone is 1. The van der Waals surface area contributed by atoms with Gasteiger partial charge in [0.15, 0.2) is 0 Å². The number of hydrogen-bond donors (Lipinski definition) is 0. The SMILES string of the molecule is CCCS(CCC)=NC(=O)/C=C(\C)CC. The summed E-state index contributed by atoms with van der Waals surface area (Å²) in [5.74, 6) is 2.07. The van der Waals surface area contributed by atoms with Crippen LogP contribution >= 0.6 is 0 Å². The van der Waals surface area contributed by atoms with Gasteiger partial charge in [0.1, 0.15) is 0 Å². The molecule has 2 nitrogen and oxygen atoms in total. The molecule has 15 heavy (non-hydrogen) atoms. The van der Waals surface area contributed by atoms with Gasteiger partial charge in [0.25, 0.3) is 5.91 Å². The molecule has 0 radical (unpaired) electrons. The van der Waals surface area contributed by atoms with Gasteiger partial charge in [0.2, 0.25) is 0 Å². The summed E-state index contributed by atoms with van der Waals surface area (Å²) in [5, 5.41) is 0. The second-order valence-corrected chi connectivity index (χ2v) is 5.57. The lowest BCUT2D eigenvalue weighted by Crippen LogP contribution is -2.04. The van der Waals surface area contributed by atoms with Crippen LogP contribution in [0.1, 0.15) is 47.0 Å². The summed E-state index contributed by atoms with van der Waals surface area (Å²) in [7, 11) is -0.0421. The molecule has 0 saturated carbocycles. The Morgan fingerprint density at radius 2 is 1.73 bits per heavy atom. The number of hydrogen-bond acceptors (Lipinski definition) is 1. The Labute approximate surface area is 96.3 Å². The van der Waals surface area contributed by atoms with E-state index in [-0.39, 0.29) is 16.6 Å². The number of rotatable bonds is 6. The van der Waals surface area contributed by atoms with Gasteiger partial charge in [0, 0.05) is 17.6 Å². The molecule has 0 heterocycles. The number of amides is 1. The summed E-state index contributed by atoms with van der Waals surface area (Å²) in [6, 6.07) is 0. The van der Waals surface area contributed by atoms with E-state index in [1.165, 1.54) is 0 Å². The van der Waals surface area contributed by atoms with Gasteiger partial charge in [-0.1, -0.05) is 37.0 Å². The van der Waals surface area contributed by atoms with Crippen LogP contribution in [0.5, 0.6) is 0 Å². The molecule has 88 valence electrons. The summed E-state index contributed by atoms with van der Waals surface area (Å²) in [6.45, 7) is 8.31. The standard InChI is InChI=1S/C12H23NOS/c1-5-8-15(9-6-2)13-12(14)10-11(4)7-3/h10H,5-9H2,1-4H3/b11-10+. The van der Waals surface area contributed by atoms with Gasteiger partial charge in [-0.25, -0.2) is 0 Å². The minimum atomic E-state index is -0.0421. The van der Waals surface area contributed by atoms with E-state index in [0.717, 1.165) is 36.3 Å². The Bertz CT molecular complexity index is 248. The van der Waals surface area contributed by atoms with Crippen LogP contribution in [0.4, 0.5) is 0 Å². The highest BCUT2D eigenvalue weighted by Crippen LogP contribution is 2.01. The highest BCUT2D eigenvalue weighted by Gasteiger charge is 1.99. The average Bonchev–Trinajstić information content (AvgIpc) is 2.18. The third kappa shape index (κ3) is 7.48. The van der Waals surface area contributed by atoms with Crippen molar-refractivity contribution in [1.82, 2.24) is 0 Å². The number of carbonyl (C=O) groups excluding carboxylic acids is 1. The van der Waals surface area contributed by atoms with Crippen molar-refractivity contribution in [3.05, 3.63) is 11.6 Å². The van der Waals surface area contributed by atoms with Crippen molar-refractivity contribution in [3.63, 3.8) is 0 Å². The zero-order valence-electron chi connectivity index (χ0n) is 10.4. The van der Waals surface area contributed by atoms with Crippen LogP contribution in [-0.4, -0.2) is 17.4 Å². The van der Waals surface area contributed by atoms with E-state index >= 15 is 0 Å². The Balaban J connectivity index is 4.45. The van der Waals surface area contributed by atoms with Gasteiger partial charge in [-0.3, -0.25) is 4.79 Å². The van der Waals surface area contributed by atoms with Crippen molar-refractivity contribution in [2.24, 2.45) is 4.36 Å². The van der Waals surface area contributed by atoms with Gasteiger partial charge < -0.3 is 0 Å². The van der Waals surface area contributed by atoms with Crippen LogP contribution in [0.2, 0.25) is 0 Å². The molecule has 0 N–H and O–H groups in total. The third-order valence-electron chi connectivity index (χ3n) is 2.03. The summed E-state index contributed by atoms with van der Waals surface area (Å²) >= 11 is 0. The van der Waals surface area contributed by atoms with Crippen molar-refractivity contribution in [2.45, 2.75) is 47.0 Å². The average molecular weight is 229 g/mol. The molecule has 0 aromatic rings. The lowest BCUT2D eigenvalue weighted by atomic mass is 10.2. The summed E-state index contributed by atoms with van der Waals surface area (Å²) in [5.41, 5.74) is 1.11. The van der Waals surface area contributed by atoms with Gasteiger partial charge in [-0.15, -0.1) is 0 Å². The zero-order chi connectivity index (χ0) is 11.7. The van der Waals surface area contributed by atoms with E-state index < -0.39 is 0 Å². The maximum Gasteiger partial charge on any atom is 0.275 e. The fourth-order valence-electron chi connectivity index (χ4n) is 1.13. The Hall–Kier alpha value is -0.440. The van der Waals surface area contributed by atoms with E-state index in [4.69, 9.17) is 0 Å². The molecule has 0 aromatic heterocycles. The Morgan fingerprint density at radius 1 is 1.20 bits per heavy atom. The number of nitrogens with zero attached hydrogens (tertiary/aromatic N) is 1. The fraction of sp³-hybridized carbons (Fsp3) is 0.750. The van der Waals surface area contributed by atoms with E-state index in [9.17, 15) is 4.79 Å². The topological polar surface area (TPSA) is 29.4 Å². The van der Waals surface area contributed by atoms with Crippen molar-refractivity contribution >= 4 is 16.6 Å². The summed E-state index contributed by atoms with van der Waals surface area (Å²) in [4.78, 5) is 11.5. The smallest absolute Gasteiger partial charge is 0.267 e. The van der Waals surface area contributed by atoms with Gasteiger partial charge in [-0.2, -0.15) is 4.36 Å². The molecule has 0 aliphatic rings. The van der Waals surface area contributed by atoms with Crippen molar-refractivity contribution < 1.29 is 4.79 Å². The van der Waals surface area contributed by atoms with Crippen molar-refractivity contribution in [3.8, 4) is 0 Å². The molecule has 0 spiro atoms. The monoisotopic (exact) mass is 229 g/mol. The zero-order valence-corrected chi connectivity index (χ0v) is 11.2. The lowest BCUT2D eigenvalue weighted by molar-refractivity contribution is -0.113. The van der Waals surface area contributed by atoms with Crippen molar-refractivity contribution in [2.75, 3.05) is 11.5 Å². The molecule has 0 aromatic carbocycles. The molecule has 0 rings (SSSR count). The van der Waals surface area contributed by atoms with Crippen molar-refractivity contribution in [1.29, 1.82) is 0 Å². The fourth-order valence-corrected chi connectivity index (χ4v) is 2.77. The molecular weight excluding hydrogens is 206 g/mol. The maximum atomic E-state index is 11.5. The van der Waals surface area contributed by atoms with Crippen LogP contribution in [0.25, 0.3) is 0 Å². The van der Waals surface area contributed by atoms with Crippen LogP contribution in [0, 0.1) is 0 Å². The van der Waals surface area contributed by atoms with Crippen LogP contribution in [0.15, 0.2) is 16.0 Å². The quantitative estimate of drug-likeness (QED) is 0.641. The van der Waals surface area contributed by atoms with Gasteiger partial charge in [0.05, 0.1) is 0 Å². The molecule has 0 bridgehead atoms. The molecule has 0 aliphatic heterocycles. The maximum absolute atomic E-state index is 11.5. The molecule has 0 fully saturated rings. The lowest BCUT2D eigenvalue weighted by Gasteiger charge is -2.03. The van der Waals surface area contributed by atoms with Gasteiger partial charge >= 0.3 is 0 Å². The first kappa shape index (κ1) is 14.6.